The van der Waals surface area contributed by atoms with Crippen molar-refractivity contribution in [3.63, 3.8) is 0 Å². The van der Waals surface area contributed by atoms with E-state index in [4.69, 9.17) is 9.47 Å². The number of hydrogen-bond acceptors (Lipinski definition) is 6. The molecule has 1 aromatic carbocycles. The summed E-state index contributed by atoms with van der Waals surface area (Å²) in [7, 11) is 1.70. The van der Waals surface area contributed by atoms with Crippen molar-refractivity contribution < 1.29 is 14.3 Å². The number of aryl methyl sites for hydroxylation is 1. The van der Waals surface area contributed by atoms with Crippen molar-refractivity contribution in [2.24, 2.45) is 7.05 Å². The van der Waals surface area contributed by atoms with Gasteiger partial charge in [0.05, 0.1) is 25.1 Å². The SMILES string of the molecule is CCOc1ccc(OCC)c(NC(=O)Cn2cnc3c(cnn3C)c2=O)c1. The second-order valence-corrected chi connectivity index (χ2v) is 5.76. The van der Waals surface area contributed by atoms with Gasteiger partial charge in [-0.25, -0.2) is 4.98 Å². The zero-order chi connectivity index (χ0) is 19.4. The molecule has 0 radical (unpaired) electrons. The quantitative estimate of drug-likeness (QED) is 0.677. The summed E-state index contributed by atoms with van der Waals surface area (Å²) in [5.41, 5.74) is 0.632. The van der Waals surface area contributed by atoms with Crippen LogP contribution in [0.4, 0.5) is 5.69 Å². The number of amides is 1. The Labute approximate surface area is 155 Å². The van der Waals surface area contributed by atoms with Crippen LogP contribution in [0.3, 0.4) is 0 Å². The second-order valence-electron chi connectivity index (χ2n) is 5.76. The van der Waals surface area contributed by atoms with Gasteiger partial charge in [0.15, 0.2) is 5.65 Å². The van der Waals surface area contributed by atoms with Crippen LogP contribution in [-0.2, 0) is 18.4 Å². The third-order valence-electron chi connectivity index (χ3n) is 3.87. The van der Waals surface area contributed by atoms with E-state index in [-0.39, 0.29) is 18.0 Å². The van der Waals surface area contributed by atoms with Gasteiger partial charge in [0.1, 0.15) is 29.8 Å². The molecule has 0 unspecified atom stereocenters. The minimum atomic E-state index is -0.378. The van der Waals surface area contributed by atoms with Gasteiger partial charge in [-0.15, -0.1) is 0 Å². The van der Waals surface area contributed by atoms with Crippen molar-refractivity contribution in [3.05, 3.63) is 41.1 Å². The lowest BCUT2D eigenvalue weighted by Gasteiger charge is -2.14. The summed E-state index contributed by atoms with van der Waals surface area (Å²) >= 11 is 0. The van der Waals surface area contributed by atoms with Crippen LogP contribution in [0.1, 0.15) is 13.8 Å². The normalized spacial score (nSPS) is 10.8. The summed E-state index contributed by atoms with van der Waals surface area (Å²) in [5.74, 6) is 0.770. The fourth-order valence-electron chi connectivity index (χ4n) is 2.67. The summed E-state index contributed by atoms with van der Waals surface area (Å²) in [6.45, 7) is 4.52. The van der Waals surface area contributed by atoms with Crippen molar-refractivity contribution in [2.75, 3.05) is 18.5 Å². The Hall–Kier alpha value is -3.36. The predicted octanol–water partition coefficient (Wildman–Crippen LogP) is 1.57. The molecule has 0 saturated heterocycles. The molecular weight excluding hydrogens is 350 g/mol. The molecule has 2 heterocycles. The molecule has 0 fully saturated rings. The Morgan fingerprint density at radius 2 is 2.00 bits per heavy atom. The highest BCUT2D eigenvalue weighted by Crippen LogP contribution is 2.29. The molecule has 142 valence electrons. The van der Waals surface area contributed by atoms with E-state index in [1.54, 1.807) is 25.2 Å². The largest absolute Gasteiger partial charge is 0.494 e. The predicted molar refractivity (Wildman–Crippen MR) is 100 cm³/mol. The first-order valence-electron chi connectivity index (χ1n) is 8.60. The number of rotatable bonds is 7. The smallest absolute Gasteiger partial charge is 0.264 e. The molecule has 3 rings (SSSR count). The van der Waals surface area contributed by atoms with E-state index in [1.165, 1.54) is 21.8 Å². The number of nitrogens with zero attached hydrogens (tertiary/aromatic N) is 4. The Balaban J connectivity index is 1.82. The van der Waals surface area contributed by atoms with E-state index in [9.17, 15) is 9.59 Å². The third-order valence-corrected chi connectivity index (χ3v) is 3.87. The van der Waals surface area contributed by atoms with E-state index >= 15 is 0 Å². The average Bonchev–Trinajstić information content (AvgIpc) is 3.02. The van der Waals surface area contributed by atoms with Crippen LogP contribution in [0.2, 0.25) is 0 Å². The molecule has 0 aliphatic heterocycles. The number of benzene rings is 1. The molecule has 3 aromatic rings. The maximum Gasteiger partial charge on any atom is 0.264 e. The molecule has 2 aromatic heterocycles. The van der Waals surface area contributed by atoms with Crippen LogP contribution in [-0.4, -0.2) is 38.5 Å². The molecular formula is C18H21N5O4. The van der Waals surface area contributed by atoms with Crippen molar-refractivity contribution in [1.29, 1.82) is 0 Å². The van der Waals surface area contributed by atoms with E-state index in [1.807, 2.05) is 13.8 Å². The number of ether oxygens (including phenoxy) is 2. The van der Waals surface area contributed by atoms with Crippen LogP contribution < -0.4 is 20.3 Å². The second kappa shape index (κ2) is 7.90. The molecule has 0 aliphatic rings. The van der Waals surface area contributed by atoms with Gasteiger partial charge in [-0.2, -0.15) is 5.10 Å². The van der Waals surface area contributed by atoms with Gasteiger partial charge >= 0.3 is 0 Å². The first-order chi connectivity index (χ1) is 13.0. The minimum absolute atomic E-state index is 0.179. The van der Waals surface area contributed by atoms with Crippen molar-refractivity contribution >= 4 is 22.6 Å². The Morgan fingerprint density at radius 3 is 2.74 bits per heavy atom. The highest BCUT2D eigenvalue weighted by atomic mass is 16.5. The zero-order valence-corrected chi connectivity index (χ0v) is 15.4. The summed E-state index contributed by atoms with van der Waals surface area (Å²) in [6.07, 6.45) is 2.78. The third kappa shape index (κ3) is 3.91. The molecule has 27 heavy (non-hydrogen) atoms. The van der Waals surface area contributed by atoms with E-state index in [2.05, 4.69) is 15.4 Å². The molecule has 0 spiro atoms. The molecule has 0 aliphatic carbocycles. The summed E-state index contributed by atoms with van der Waals surface area (Å²) in [6, 6.07) is 5.20. The number of carbonyl (C=O) groups excluding carboxylic acids is 1. The Morgan fingerprint density at radius 1 is 1.22 bits per heavy atom. The van der Waals surface area contributed by atoms with Crippen LogP contribution >= 0.6 is 0 Å². The maximum absolute atomic E-state index is 12.5. The number of aromatic nitrogens is 4. The van der Waals surface area contributed by atoms with Gasteiger partial charge in [0, 0.05) is 13.1 Å². The summed E-state index contributed by atoms with van der Waals surface area (Å²) in [5, 5.41) is 7.15. The van der Waals surface area contributed by atoms with E-state index in [0.717, 1.165) is 0 Å². The van der Waals surface area contributed by atoms with Crippen molar-refractivity contribution in [2.45, 2.75) is 20.4 Å². The number of anilines is 1. The van der Waals surface area contributed by atoms with Crippen LogP contribution in [0.25, 0.3) is 11.0 Å². The molecule has 0 bridgehead atoms. The van der Waals surface area contributed by atoms with Crippen LogP contribution in [0.15, 0.2) is 35.5 Å². The van der Waals surface area contributed by atoms with E-state index < -0.39 is 0 Å². The fraction of sp³-hybridized carbons (Fsp3) is 0.333. The topological polar surface area (TPSA) is 100 Å². The van der Waals surface area contributed by atoms with Crippen molar-refractivity contribution in [1.82, 2.24) is 19.3 Å². The number of hydrogen-bond donors (Lipinski definition) is 1. The number of fused-ring (bicyclic) bond motifs is 1. The first-order valence-corrected chi connectivity index (χ1v) is 8.60. The lowest BCUT2D eigenvalue weighted by atomic mass is 10.2. The molecule has 1 N–H and O–H groups in total. The zero-order valence-electron chi connectivity index (χ0n) is 15.4. The van der Waals surface area contributed by atoms with Gasteiger partial charge < -0.3 is 14.8 Å². The number of carbonyl (C=O) groups is 1. The fourth-order valence-corrected chi connectivity index (χ4v) is 2.67. The van der Waals surface area contributed by atoms with Gasteiger partial charge in [-0.3, -0.25) is 18.8 Å². The monoisotopic (exact) mass is 371 g/mol. The highest BCUT2D eigenvalue weighted by molar-refractivity contribution is 5.92. The van der Waals surface area contributed by atoms with Gasteiger partial charge in [-0.05, 0) is 26.0 Å². The molecule has 0 atom stereocenters. The van der Waals surface area contributed by atoms with Gasteiger partial charge in [0.2, 0.25) is 5.91 Å². The Bertz CT molecular complexity index is 1020. The molecule has 0 saturated carbocycles. The lowest BCUT2D eigenvalue weighted by Crippen LogP contribution is -2.28. The average molecular weight is 371 g/mol. The summed E-state index contributed by atoms with van der Waals surface area (Å²) < 4.78 is 13.8. The number of nitrogens with one attached hydrogen (secondary N) is 1. The molecule has 1 amide bonds. The van der Waals surface area contributed by atoms with Crippen LogP contribution in [0, 0.1) is 0 Å². The molecule has 9 nitrogen and oxygen atoms in total. The highest BCUT2D eigenvalue weighted by Gasteiger charge is 2.13. The van der Waals surface area contributed by atoms with Crippen LogP contribution in [0.5, 0.6) is 11.5 Å². The first kappa shape index (κ1) is 18.4. The summed E-state index contributed by atoms with van der Waals surface area (Å²) in [4.78, 5) is 29.2. The molecule has 9 heteroatoms. The van der Waals surface area contributed by atoms with Gasteiger partial charge in [0.25, 0.3) is 5.56 Å². The lowest BCUT2D eigenvalue weighted by molar-refractivity contribution is -0.116. The van der Waals surface area contributed by atoms with E-state index in [0.29, 0.717) is 41.4 Å². The maximum atomic E-state index is 12.5. The standard InChI is InChI=1S/C18H21N5O4/c1-4-26-12-6-7-15(27-5-2)14(8-12)21-16(24)10-23-11-19-17-13(18(23)25)9-20-22(17)3/h6-9,11H,4-5,10H2,1-3H3,(H,21,24). The van der Waals surface area contributed by atoms with Gasteiger partial charge in [-0.1, -0.05) is 0 Å². The Kier molecular flexibility index (Phi) is 5.39. The van der Waals surface area contributed by atoms with Crippen molar-refractivity contribution in [3.8, 4) is 11.5 Å². The minimum Gasteiger partial charge on any atom is -0.494 e.